The third kappa shape index (κ3) is 3.98. The first-order chi connectivity index (χ1) is 16.5. The molecule has 0 radical (unpaired) electrons. The lowest BCUT2D eigenvalue weighted by molar-refractivity contribution is -0.150. The Balaban J connectivity index is 1.87. The Morgan fingerprint density at radius 2 is 2.03 bits per heavy atom. The van der Waals surface area contributed by atoms with Crippen LogP contribution in [-0.2, 0) is 14.4 Å². The van der Waals surface area contributed by atoms with E-state index in [0.29, 0.717) is 30.0 Å². The van der Waals surface area contributed by atoms with Crippen molar-refractivity contribution < 1.29 is 24.6 Å². The summed E-state index contributed by atoms with van der Waals surface area (Å²) in [6.45, 7) is 9.57. The molecule has 35 heavy (non-hydrogen) atoms. The number of carbonyl (C=O) groups excluding carboxylic acids is 2. The fourth-order valence-corrected chi connectivity index (χ4v) is 9.05. The van der Waals surface area contributed by atoms with Crippen LogP contribution in [0.4, 0.5) is 5.69 Å². The van der Waals surface area contributed by atoms with E-state index in [-0.39, 0.29) is 30.9 Å². The molecule has 1 aromatic rings. The van der Waals surface area contributed by atoms with Gasteiger partial charge in [0.25, 0.3) is 5.91 Å². The normalized spacial score (nSPS) is 32.1. The maximum Gasteiger partial charge on any atom is 0.308 e. The first-order valence-electron chi connectivity index (χ1n) is 12.0. The molecule has 2 amide bonds. The number of amides is 2. The smallest absolute Gasteiger partial charge is 0.308 e. The highest BCUT2D eigenvalue weighted by Crippen LogP contribution is 2.71. The number of nitrogens with zero attached hydrogens (tertiary/aromatic N) is 2. The predicted molar refractivity (Wildman–Crippen MR) is 138 cm³/mol. The van der Waals surface area contributed by atoms with Gasteiger partial charge in [0.15, 0.2) is 0 Å². The molecule has 2 N–H and O–H groups in total. The third-order valence-electron chi connectivity index (χ3n) is 7.78. The average Bonchev–Trinajstić information content (AvgIpc) is 3.36. The van der Waals surface area contributed by atoms with Crippen LogP contribution in [0.3, 0.4) is 0 Å². The van der Waals surface area contributed by atoms with Crippen molar-refractivity contribution in [1.82, 2.24) is 4.90 Å². The summed E-state index contributed by atoms with van der Waals surface area (Å²) in [4.78, 5) is 43.9. The Morgan fingerprint density at radius 1 is 1.34 bits per heavy atom. The number of hydrogen-bond donors (Lipinski definition) is 2. The fourth-order valence-electron chi connectivity index (χ4n) is 6.49. The van der Waals surface area contributed by atoms with Crippen LogP contribution in [0, 0.1) is 17.8 Å². The van der Waals surface area contributed by atoms with Crippen molar-refractivity contribution >= 4 is 46.8 Å². The number of aliphatic carboxylic acids is 1. The Bertz CT molecular complexity index is 1050. The zero-order valence-electron chi connectivity index (χ0n) is 20.3. The second-order valence-electron chi connectivity index (χ2n) is 10.5. The first kappa shape index (κ1) is 26.0. The van der Waals surface area contributed by atoms with Gasteiger partial charge in [0.2, 0.25) is 5.91 Å². The molecule has 3 fully saturated rings. The van der Waals surface area contributed by atoms with Gasteiger partial charge in [0, 0.05) is 11.3 Å². The Labute approximate surface area is 215 Å². The van der Waals surface area contributed by atoms with Crippen LogP contribution in [0.5, 0.6) is 0 Å². The molecule has 2 unspecified atom stereocenters. The van der Waals surface area contributed by atoms with Crippen molar-refractivity contribution in [3.05, 3.63) is 41.9 Å². The lowest BCUT2D eigenvalue weighted by Gasteiger charge is -2.40. The fraction of sp³-hybridized carbons (Fsp3) is 0.577. The lowest BCUT2D eigenvalue weighted by Crippen LogP contribution is -2.58. The predicted octanol–water partition coefficient (Wildman–Crippen LogP) is 3.83. The highest BCUT2D eigenvalue weighted by Gasteiger charge is 2.78. The molecule has 4 rings (SSSR count). The van der Waals surface area contributed by atoms with Crippen molar-refractivity contribution in [1.29, 1.82) is 0 Å². The number of benzene rings is 1. The first-order valence-corrected chi connectivity index (χ1v) is 13.2. The number of aliphatic hydroxyl groups excluding tert-OH is 1. The Hall–Kier alpha value is -2.03. The monoisotopic (exact) mass is 520 g/mol. The molecule has 3 aliphatic heterocycles. The molecule has 190 valence electrons. The van der Waals surface area contributed by atoms with Gasteiger partial charge in [-0.15, -0.1) is 18.3 Å². The molecule has 0 aliphatic carbocycles. The molecule has 0 saturated carbocycles. The van der Waals surface area contributed by atoms with Crippen LogP contribution in [-0.4, -0.2) is 67.6 Å². The van der Waals surface area contributed by atoms with E-state index in [9.17, 15) is 24.6 Å². The van der Waals surface area contributed by atoms with E-state index in [2.05, 4.69) is 6.58 Å². The van der Waals surface area contributed by atoms with Gasteiger partial charge in [0.1, 0.15) is 6.04 Å². The van der Waals surface area contributed by atoms with Crippen molar-refractivity contribution in [2.45, 2.75) is 61.6 Å². The van der Waals surface area contributed by atoms with E-state index in [1.807, 2.05) is 20.8 Å². The maximum atomic E-state index is 14.4. The molecule has 7 nitrogen and oxygen atoms in total. The number of carboxylic acids is 1. The summed E-state index contributed by atoms with van der Waals surface area (Å²) in [5, 5.41) is 20.9. The van der Waals surface area contributed by atoms with Crippen LogP contribution >= 0.6 is 23.4 Å². The second kappa shape index (κ2) is 9.45. The van der Waals surface area contributed by atoms with E-state index < -0.39 is 39.4 Å². The summed E-state index contributed by atoms with van der Waals surface area (Å²) in [7, 11) is 0. The quantitative estimate of drug-likeness (QED) is 0.480. The van der Waals surface area contributed by atoms with E-state index >= 15 is 0 Å². The van der Waals surface area contributed by atoms with Crippen molar-refractivity contribution in [2.75, 3.05) is 18.1 Å². The zero-order valence-corrected chi connectivity index (χ0v) is 21.9. The minimum absolute atomic E-state index is 0.165. The summed E-state index contributed by atoms with van der Waals surface area (Å²) in [5.74, 6) is -3.22. The molecule has 1 aromatic carbocycles. The number of rotatable bonds is 9. The summed E-state index contributed by atoms with van der Waals surface area (Å²) in [6, 6.07) is 5.51. The van der Waals surface area contributed by atoms with Gasteiger partial charge in [-0.1, -0.05) is 43.7 Å². The number of halogens is 1. The molecule has 1 spiro atoms. The number of anilines is 1. The van der Waals surface area contributed by atoms with Gasteiger partial charge in [-0.3, -0.25) is 14.4 Å². The summed E-state index contributed by atoms with van der Waals surface area (Å²) >= 11 is 7.96. The lowest BCUT2D eigenvalue weighted by atomic mass is 9.66. The van der Waals surface area contributed by atoms with Crippen molar-refractivity contribution in [2.24, 2.45) is 17.8 Å². The van der Waals surface area contributed by atoms with E-state index in [1.54, 1.807) is 30.3 Å². The Morgan fingerprint density at radius 3 is 2.60 bits per heavy atom. The van der Waals surface area contributed by atoms with Gasteiger partial charge >= 0.3 is 5.97 Å². The van der Waals surface area contributed by atoms with Crippen LogP contribution < -0.4 is 4.90 Å². The molecule has 3 saturated heterocycles. The topological polar surface area (TPSA) is 98.2 Å². The number of para-hydroxylation sites is 1. The molecule has 9 heteroatoms. The standard InChI is InChI=1S/C26H33ClN2O5S/c1-5-12-28(18-9-7-6-8-17(18)27)23(32)21-26-11-10-25(4,35-26)20(24(33)34)19(26)22(31)29(21)16(14-30)13-15(2)3/h5-9,15-16,19-21,30H,1,10-14H2,2-4H3,(H,33,34)/t16-,19+,20+,21?,25-,26?/m1/s1. The largest absolute Gasteiger partial charge is 0.481 e. The minimum atomic E-state index is -1.01. The number of fused-ring (bicyclic) bond motifs is 1. The number of thioether (sulfide) groups is 1. The van der Waals surface area contributed by atoms with E-state index in [0.717, 1.165) is 0 Å². The Kier molecular flexibility index (Phi) is 7.03. The number of aliphatic hydroxyl groups is 1. The second-order valence-corrected chi connectivity index (χ2v) is 12.8. The highest BCUT2D eigenvalue weighted by molar-refractivity contribution is 8.02. The SMILES string of the molecule is C=CCN(C(=O)C1N([C@@H](CO)CC(C)C)C(=O)[C@@H]2[C@@H](C(=O)O)[C@@]3(C)CCC12S3)c1ccccc1Cl. The van der Waals surface area contributed by atoms with Crippen LogP contribution in [0.2, 0.25) is 5.02 Å². The zero-order chi connectivity index (χ0) is 25.7. The summed E-state index contributed by atoms with van der Waals surface area (Å²) < 4.78 is -1.51. The molecule has 0 aromatic heterocycles. The molecule has 2 bridgehead atoms. The van der Waals surface area contributed by atoms with Gasteiger partial charge < -0.3 is 20.0 Å². The van der Waals surface area contributed by atoms with E-state index in [4.69, 9.17) is 11.6 Å². The highest BCUT2D eigenvalue weighted by atomic mass is 35.5. The molecular formula is C26H33ClN2O5S. The third-order valence-corrected chi connectivity index (χ3v) is 10.1. The maximum absolute atomic E-state index is 14.4. The van der Waals surface area contributed by atoms with Gasteiger partial charge in [-0.05, 0) is 44.2 Å². The molecular weight excluding hydrogens is 488 g/mol. The van der Waals surface area contributed by atoms with Gasteiger partial charge in [0.05, 0.1) is 39.9 Å². The number of likely N-dealkylation sites (tertiary alicyclic amines) is 1. The van der Waals surface area contributed by atoms with Crippen LogP contribution in [0.25, 0.3) is 0 Å². The number of carbonyl (C=O) groups is 3. The van der Waals surface area contributed by atoms with Crippen LogP contribution in [0.1, 0.15) is 40.0 Å². The number of hydrogen-bond acceptors (Lipinski definition) is 5. The number of carboxylic acid groups (broad SMARTS) is 1. The van der Waals surface area contributed by atoms with E-state index in [1.165, 1.54) is 21.6 Å². The average molecular weight is 521 g/mol. The molecule has 3 heterocycles. The molecule has 3 aliphatic rings. The van der Waals surface area contributed by atoms with Crippen molar-refractivity contribution in [3.63, 3.8) is 0 Å². The van der Waals surface area contributed by atoms with Gasteiger partial charge in [-0.25, -0.2) is 0 Å². The summed E-state index contributed by atoms with van der Waals surface area (Å²) in [5.41, 5.74) is 0.509. The van der Waals surface area contributed by atoms with Gasteiger partial charge in [-0.2, -0.15) is 0 Å². The summed E-state index contributed by atoms with van der Waals surface area (Å²) in [6.07, 6.45) is 3.28. The van der Waals surface area contributed by atoms with Crippen LogP contribution in [0.15, 0.2) is 36.9 Å². The minimum Gasteiger partial charge on any atom is -0.481 e. The van der Waals surface area contributed by atoms with Crippen molar-refractivity contribution in [3.8, 4) is 0 Å². The molecule has 6 atom stereocenters.